The summed E-state index contributed by atoms with van der Waals surface area (Å²) in [6.07, 6.45) is 3.48. The molecule has 0 aliphatic carbocycles. The molecule has 0 saturated heterocycles. The molecule has 0 unspecified atom stereocenters. The topological polar surface area (TPSA) is 92.9 Å². The standard InChI is InChI=1S/C13H12N4O3/c18-12(19)9-3-1-4-10-11(9)15-13(20)17(10)8-7-16-6-2-5-14-16/h1-6H,7-8H2,(H,15,20)(H,18,19). The Morgan fingerprint density at radius 1 is 1.30 bits per heavy atom. The molecule has 0 atom stereocenters. The molecule has 7 nitrogen and oxygen atoms in total. The van der Waals surface area contributed by atoms with E-state index in [2.05, 4.69) is 10.1 Å². The maximum atomic E-state index is 12.0. The number of fused-ring (bicyclic) bond motifs is 1. The van der Waals surface area contributed by atoms with Crippen molar-refractivity contribution in [3.05, 3.63) is 52.7 Å². The molecule has 0 fully saturated rings. The van der Waals surface area contributed by atoms with Crippen molar-refractivity contribution in [2.45, 2.75) is 13.1 Å². The Morgan fingerprint density at radius 2 is 2.15 bits per heavy atom. The third kappa shape index (κ3) is 1.99. The number of rotatable bonds is 4. The Hall–Kier alpha value is -2.83. The average molecular weight is 272 g/mol. The molecule has 7 heteroatoms. The van der Waals surface area contributed by atoms with Crippen molar-refractivity contribution in [2.24, 2.45) is 0 Å². The highest BCUT2D eigenvalue weighted by Crippen LogP contribution is 2.15. The number of aromatic carboxylic acids is 1. The van der Waals surface area contributed by atoms with Gasteiger partial charge >= 0.3 is 11.7 Å². The van der Waals surface area contributed by atoms with Gasteiger partial charge < -0.3 is 10.1 Å². The molecule has 2 heterocycles. The molecule has 102 valence electrons. The van der Waals surface area contributed by atoms with Crippen LogP contribution in [0.4, 0.5) is 0 Å². The van der Waals surface area contributed by atoms with Gasteiger partial charge in [-0.25, -0.2) is 9.59 Å². The second-order valence-corrected chi connectivity index (χ2v) is 4.36. The molecule has 2 aromatic heterocycles. The molecular formula is C13H12N4O3. The van der Waals surface area contributed by atoms with Crippen molar-refractivity contribution >= 4 is 17.0 Å². The number of carbonyl (C=O) groups is 1. The Balaban J connectivity index is 2.03. The molecule has 20 heavy (non-hydrogen) atoms. The van der Waals surface area contributed by atoms with Gasteiger partial charge in [0.25, 0.3) is 0 Å². The van der Waals surface area contributed by atoms with E-state index < -0.39 is 5.97 Å². The highest BCUT2D eigenvalue weighted by molar-refractivity contribution is 6.00. The van der Waals surface area contributed by atoms with Crippen LogP contribution in [0.3, 0.4) is 0 Å². The van der Waals surface area contributed by atoms with Crippen LogP contribution in [0, 0.1) is 0 Å². The minimum atomic E-state index is -1.06. The summed E-state index contributed by atoms with van der Waals surface area (Å²) in [5, 5.41) is 13.2. The van der Waals surface area contributed by atoms with Crippen molar-refractivity contribution in [3.63, 3.8) is 0 Å². The lowest BCUT2D eigenvalue weighted by molar-refractivity contribution is 0.0699. The fourth-order valence-corrected chi connectivity index (χ4v) is 2.22. The lowest BCUT2D eigenvalue weighted by Crippen LogP contribution is -2.19. The summed E-state index contributed by atoms with van der Waals surface area (Å²) in [5.41, 5.74) is 0.714. The fourth-order valence-electron chi connectivity index (χ4n) is 2.22. The monoisotopic (exact) mass is 272 g/mol. The minimum Gasteiger partial charge on any atom is -0.478 e. The third-order valence-electron chi connectivity index (χ3n) is 3.15. The largest absolute Gasteiger partial charge is 0.478 e. The average Bonchev–Trinajstić information content (AvgIpc) is 3.02. The number of nitrogens with zero attached hydrogens (tertiary/aromatic N) is 3. The first-order valence-electron chi connectivity index (χ1n) is 6.09. The van der Waals surface area contributed by atoms with Gasteiger partial charge in [0.15, 0.2) is 0 Å². The van der Waals surface area contributed by atoms with E-state index >= 15 is 0 Å². The maximum Gasteiger partial charge on any atom is 0.337 e. The van der Waals surface area contributed by atoms with Gasteiger partial charge in [0.1, 0.15) is 0 Å². The number of carboxylic acid groups (broad SMARTS) is 1. The van der Waals surface area contributed by atoms with E-state index in [1.165, 1.54) is 10.6 Å². The van der Waals surface area contributed by atoms with E-state index in [1.807, 2.05) is 6.20 Å². The zero-order chi connectivity index (χ0) is 14.1. The summed E-state index contributed by atoms with van der Waals surface area (Å²) in [6.45, 7) is 0.959. The van der Waals surface area contributed by atoms with E-state index in [1.54, 1.807) is 29.1 Å². The number of para-hydroxylation sites is 1. The minimum absolute atomic E-state index is 0.0949. The second kappa shape index (κ2) is 4.69. The molecule has 0 aliphatic rings. The highest BCUT2D eigenvalue weighted by Gasteiger charge is 2.13. The van der Waals surface area contributed by atoms with Crippen molar-refractivity contribution in [1.82, 2.24) is 19.3 Å². The quantitative estimate of drug-likeness (QED) is 0.738. The van der Waals surface area contributed by atoms with Crippen LogP contribution < -0.4 is 5.69 Å². The molecule has 3 aromatic rings. The fraction of sp³-hybridized carbons (Fsp3) is 0.154. The number of hydrogen-bond donors (Lipinski definition) is 2. The number of aryl methyl sites for hydroxylation is 2. The molecule has 0 bridgehead atoms. The van der Waals surface area contributed by atoms with Gasteiger partial charge in [0, 0.05) is 18.9 Å². The first-order valence-corrected chi connectivity index (χ1v) is 6.09. The first kappa shape index (κ1) is 12.2. The van der Waals surface area contributed by atoms with Gasteiger partial charge in [0.2, 0.25) is 0 Å². The zero-order valence-corrected chi connectivity index (χ0v) is 10.5. The maximum absolute atomic E-state index is 12.0. The number of H-pyrrole nitrogens is 1. The van der Waals surface area contributed by atoms with Crippen LogP contribution in [-0.4, -0.2) is 30.4 Å². The second-order valence-electron chi connectivity index (χ2n) is 4.36. The smallest absolute Gasteiger partial charge is 0.337 e. The Bertz CT molecular complexity index is 814. The molecule has 0 saturated carbocycles. The van der Waals surface area contributed by atoms with Gasteiger partial charge in [-0.1, -0.05) is 6.07 Å². The van der Waals surface area contributed by atoms with Crippen molar-refractivity contribution in [1.29, 1.82) is 0 Å². The van der Waals surface area contributed by atoms with Gasteiger partial charge in [-0.05, 0) is 18.2 Å². The SMILES string of the molecule is O=C(O)c1cccc2c1[nH]c(=O)n2CCn1cccn1. The predicted molar refractivity (Wildman–Crippen MR) is 71.7 cm³/mol. The van der Waals surface area contributed by atoms with Crippen LogP contribution in [0.2, 0.25) is 0 Å². The molecular weight excluding hydrogens is 260 g/mol. The molecule has 0 radical (unpaired) electrons. The summed E-state index contributed by atoms with van der Waals surface area (Å²) in [5.74, 6) is -1.06. The van der Waals surface area contributed by atoms with Crippen LogP contribution >= 0.6 is 0 Å². The molecule has 2 N–H and O–H groups in total. The molecule has 0 spiro atoms. The van der Waals surface area contributed by atoms with Crippen LogP contribution in [0.15, 0.2) is 41.5 Å². The number of aromatic amines is 1. The highest BCUT2D eigenvalue weighted by atomic mass is 16.4. The summed E-state index contributed by atoms with van der Waals surface area (Å²) >= 11 is 0. The Morgan fingerprint density at radius 3 is 2.85 bits per heavy atom. The van der Waals surface area contributed by atoms with Crippen LogP contribution in [0.1, 0.15) is 10.4 Å². The predicted octanol–water partition coefficient (Wildman–Crippen LogP) is 0.924. The molecule has 0 amide bonds. The van der Waals surface area contributed by atoms with Gasteiger partial charge in [-0.2, -0.15) is 5.10 Å². The zero-order valence-electron chi connectivity index (χ0n) is 10.5. The van der Waals surface area contributed by atoms with E-state index in [9.17, 15) is 9.59 Å². The Labute approximate surface area is 113 Å². The summed E-state index contributed by atoms with van der Waals surface area (Å²) in [7, 11) is 0. The normalized spacial score (nSPS) is 11.0. The van der Waals surface area contributed by atoms with E-state index in [0.717, 1.165) is 0 Å². The van der Waals surface area contributed by atoms with Crippen LogP contribution in [-0.2, 0) is 13.1 Å². The van der Waals surface area contributed by atoms with Gasteiger partial charge in [-0.3, -0.25) is 9.25 Å². The van der Waals surface area contributed by atoms with Crippen LogP contribution in [0.5, 0.6) is 0 Å². The van der Waals surface area contributed by atoms with Gasteiger partial charge in [0.05, 0.1) is 23.1 Å². The van der Waals surface area contributed by atoms with E-state index in [4.69, 9.17) is 5.11 Å². The number of carboxylic acids is 1. The number of imidazole rings is 1. The van der Waals surface area contributed by atoms with E-state index in [0.29, 0.717) is 24.1 Å². The van der Waals surface area contributed by atoms with Crippen LogP contribution in [0.25, 0.3) is 11.0 Å². The molecule has 0 aliphatic heterocycles. The van der Waals surface area contributed by atoms with Crippen molar-refractivity contribution in [2.75, 3.05) is 0 Å². The van der Waals surface area contributed by atoms with Crippen molar-refractivity contribution in [3.8, 4) is 0 Å². The van der Waals surface area contributed by atoms with E-state index in [-0.39, 0.29) is 11.3 Å². The molecule has 1 aromatic carbocycles. The summed E-state index contributed by atoms with van der Waals surface area (Å²) in [4.78, 5) is 25.7. The number of hydrogen-bond acceptors (Lipinski definition) is 3. The Kier molecular flexibility index (Phi) is 2.86. The number of nitrogens with one attached hydrogen (secondary N) is 1. The van der Waals surface area contributed by atoms with Crippen molar-refractivity contribution < 1.29 is 9.90 Å². The molecule has 3 rings (SSSR count). The lowest BCUT2D eigenvalue weighted by Gasteiger charge is -2.04. The third-order valence-corrected chi connectivity index (χ3v) is 3.15. The van der Waals surface area contributed by atoms with Gasteiger partial charge in [-0.15, -0.1) is 0 Å². The number of benzene rings is 1. The first-order chi connectivity index (χ1) is 9.66. The lowest BCUT2D eigenvalue weighted by atomic mass is 10.2. The summed E-state index contributed by atoms with van der Waals surface area (Å²) in [6, 6.07) is 6.63. The summed E-state index contributed by atoms with van der Waals surface area (Å²) < 4.78 is 3.23. The number of aromatic nitrogens is 4.